The van der Waals surface area contributed by atoms with Crippen LogP contribution in [0.4, 0.5) is 0 Å². The van der Waals surface area contributed by atoms with Gasteiger partial charge in [0.2, 0.25) is 5.91 Å². The van der Waals surface area contributed by atoms with E-state index in [0.29, 0.717) is 13.2 Å². The molecule has 0 aliphatic carbocycles. The van der Waals surface area contributed by atoms with E-state index in [1.54, 1.807) is 18.9 Å². The maximum absolute atomic E-state index is 12.6. The summed E-state index contributed by atoms with van der Waals surface area (Å²) in [7, 11) is 1.74. The minimum Gasteiger partial charge on any atom is -0.384 e. The number of benzene rings is 1. The standard InChI is InChI=1S/C18H28N2O2S/c1-3-16(23-15-7-5-4-6-8-15)17(21)20-13-18(14-22-2)9-11-19-12-10-18/h4-8,16,19H,3,9-14H2,1-2H3,(H,20,21). The molecule has 0 aromatic heterocycles. The van der Waals surface area contributed by atoms with Gasteiger partial charge in [-0.1, -0.05) is 25.1 Å². The molecule has 1 atom stereocenters. The zero-order valence-electron chi connectivity index (χ0n) is 14.1. The van der Waals surface area contributed by atoms with E-state index in [2.05, 4.69) is 29.7 Å². The highest BCUT2D eigenvalue weighted by molar-refractivity contribution is 8.00. The number of carbonyl (C=O) groups excluding carboxylic acids is 1. The minimum absolute atomic E-state index is 0.0429. The fourth-order valence-corrected chi connectivity index (χ4v) is 4.01. The number of rotatable bonds is 8. The number of ether oxygens (including phenoxy) is 1. The average molecular weight is 337 g/mol. The number of nitrogens with one attached hydrogen (secondary N) is 2. The topological polar surface area (TPSA) is 50.4 Å². The number of piperidine rings is 1. The van der Waals surface area contributed by atoms with Gasteiger partial charge in [0.25, 0.3) is 0 Å². The first kappa shape index (κ1) is 18.3. The molecule has 0 saturated carbocycles. The Morgan fingerprint density at radius 3 is 2.65 bits per heavy atom. The van der Waals surface area contributed by atoms with Gasteiger partial charge in [0.15, 0.2) is 0 Å². The van der Waals surface area contributed by atoms with Crippen LogP contribution in [0.3, 0.4) is 0 Å². The molecule has 128 valence electrons. The van der Waals surface area contributed by atoms with Crippen LogP contribution in [-0.2, 0) is 9.53 Å². The molecular weight excluding hydrogens is 308 g/mol. The molecule has 0 bridgehead atoms. The van der Waals surface area contributed by atoms with E-state index in [4.69, 9.17) is 4.74 Å². The van der Waals surface area contributed by atoms with Crippen LogP contribution >= 0.6 is 11.8 Å². The molecule has 23 heavy (non-hydrogen) atoms. The van der Waals surface area contributed by atoms with Gasteiger partial charge >= 0.3 is 0 Å². The van der Waals surface area contributed by atoms with E-state index in [0.717, 1.165) is 37.2 Å². The third-order valence-electron chi connectivity index (χ3n) is 4.44. The van der Waals surface area contributed by atoms with Gasteiger partial charge in [0, 0.05) is 24.0 Å². The highest BCUT2D eigenvalue weighted by Gasteiger charge is 2.33. The van der Waals surface area contributed by atoms with Crippen molar-refractivity contribution in [1.82, 2.24) is 10.6 Å². The first-order valence-corrected chi connectivity index (χ1v) is 9.26. The van der Waals surface area contributed by atoms with E-state index in [-0.39, 0.29) is 16.6 Å². The number of thioether (sulfide) groups is 1. The van der Waals surface area contributed by atoms with Crippen molar-refractivity contribution in [1.29, 1.82) is 0 Å². The van der Waals surface area contributed by atoms with Crippen molar-refractivity contribution in [2.75, 3.05) is 33.4 Å². The molecule has 4 nitrogen and oxygen atoms in total. The molecule has 1 amide bonds. The summed E-state index contributed by atoms with van der Waals surface area (Å²) in [5.74, 6) is 0.135. The molecule has 1 aliphatic rings. The fourth-order valence-electron chi connectivity index (χ4n) is 3.01. The summed E-state index contributed by atoms with van der Waals surface area (Å²) in [6.07, 6.45) is 2.91. The van der Waals surface area contributed by atoms with Crippen LogP contribution < -0.4 is 10.6 Å². The SMILES string of the molecule is CCC(Sc1ccccc1)C(=O)NCC1(COC)CCNCC1. The second kappa shape index (κ2) is 9.30. The second-order valence-electron chi connectivity index (χ2n) is 6.23. The summed E-state index contributed by atoms with van der Waals surface area (Å²) in [5, 5.41) is 6.52. The molecular formula is C18H28N2O2S. The Morgan fingerprint density at radius 1 is 1.35 bits per heavy atom. The smallest absolute Gasteiger partial charge is 0.233 e. The zero-order valence-corrected chi connectivity index (χ0v) is 15.0. The molecule has 5 heteroatoms. The van der Waals surface area contributed by atoms with E-state index in [1.807, 2.05) is 18.2 Å². The van der Waals surface area contributed by atoms with Gasteiger partial charge in [-0.15, -0.1) is 11.8 Å². The van der Waals surface area contributed by atoms with Gasteiger partial charge < -0.3 is 15.4 Å². The quantitative estimate of drug-likeness (QED) is 0.717. The van der Waals surface area contributed by atoms with Crippen molar-refractivity contribution in [2.45, 2.75) is 36.3 Å². The molecule has 0 radical (unpaired) electrons. The van der Waals surface area contributed by atoms with Gasteiger partial charge in [-0.3, -0.25) is 4.79 Å². The lowest BCUT2D eigenvalue weighted by Gasteiger charge is -2.37. The predicted molar refractivity (Wildman–Crippen MR) is 95.8 cm³/mol. The van der Waals surface area contributed by atoms with Crippen molar-refractivity contribution in [3.8, 4) is 0 Å². The Labute approximate surface area is 143 Å². The molecule has 1 heterocycles. The molecule has 2 N–H and O–H groups in total. The third kappa shape index (κ3) is 5.52. The number of carbonyl (C=O) groups is 1. The molecule has 1 fully saturated rings. The molecule has 1 aromatic carbocycles. The van der Waals surface area contributed by atoms with Gasteiger partial charge in [0.1, 0.15) is 0 Å². The van der Waals surface area contributed by atoms with Crippen molar-refractivity contribution in [2.24, 2.45) is 5.41 Å². The van der Waals surface area contributed by atoms with Crippen LogP contribution in [0.5, 0.6) is 0 Å². The monoisotopic (exact) mass is 336 g/mol. The maximum atomic E-state index is 12.6. The Kier molecular flexibility index (Phi) is 7.40. The Hall–Kier alpha value is -1.04. The van der Waals surface area contributed by atoms with Gasteiger partial charge in [-0.2, -0.15) is 0 Å². The van der Waals surface area contributed by atoms with Crippen LogP contribution in [0.25, 0.3) is 0 Å². The Morgan fingerprint density at radius 2 is 2.04 bits per heavy atom. The van der Waals surface area contributed by atoms with Crippen molar-refractivity contribution in [3.63, 3.8) is 0 Å². The lowest BCUT2D eigenvalue weighted by molar-refractivity contribution is -0.121. The largest absolute Gasteiger partial charge is 0.384 e. The van der Waals surface area contributed by atoms with Gasteiger partial charge in [-0.05, 0) is 44.5 Å². The van der Waals surface area contributed by atoms with Gasteiger partial charge in [0.05, 0.1) is 11.9 Å². The first-order chi connectivity index (χ1) is 11.2. The molecule has 1 unspecified atom stereocenters. The number of methoxy groups -OCH3 is 1. The van der Waals surface area contributed by atoms with E-state index in [9.17, 15) is 4.79 Å². The summed E-state index contributed by atoms with van der Waals surface area (Å²) < 4.78 is 5.42. The van der Waals surface area contributed by atoms with Crippen LogP contribution in [0.1, 0.15) is 26.2 Å². The maximum Gasteiger partial charge on any atom is 0.233 e. The molecule has 2 rings (SSSR count). The van der Waals surface area contributed by atoms with Crippen molar-refractivity contribution < 1.29 is 9.53 Å². The highest BCUT2D eigenvalue weighted by Crippen LogP contribution is 2.29. The second-order valence-corrected chi connectivity index (χ2v) is 7.50. The molecule has 1 aromatic rings. The third-order valence-corrected chi connectivity index (χ3v) is 5.81. The Balaban J connectivity index is 1.90. The lowest BCUT2D eigenvalue weighted by atomic mass is 9.79. The normalized spacial score (nSPS) is 18.3. The average Bonchev–Trinajstić information content (AvgIpc) is 2.60. The van der Waals surface area contributed by atoms with Crippen LogP contribution in [-0.4, -0.2) is 44.5 Å². The fraction of sp³-hybridized carbons (Fsp3) is 0.611. The predicted octanol–water partition coefficient (Wildman–Crippen LogP) is 2.69. The molecule has 1 aliphatic heterocycles. The number of amides is 1. The first-order valence-electron chi connectivity index (χ1n) is 8.38. The van der Waals surface area contributed by atoms with Crippen LogP contribution in [0, 0.1) is 5.41 Å². The Bertz CT molecular complexity index is 470. The summed E-state index contributed by atoms with van der Waals surface area (Å²) >= 11 is 1.64. The highest BCUT2D eigenvalue weighted by atomic mass is 32.2. The summed E-state index contributed by atoms with van der Waals surface area (Å²) in [4.78, 5) is 13.7. The lowest BCUT2D eigenvalue weighted by Crippen LogP contribution is -2.48. The molecule has 1 saturated heterocycles. The van der Waals surface area contributed by atoms with E-state index >= 15 is 0 Å². The summed E-state index contributed by atoms with van der Waals surface area (Å²) in [5.41, 5.74) is 0.0748. The zero-order chi connectivity index (χ0) is 16.5. The van der Waals surface area contributed by atoms with E-state index < -0.39 is 0 Å². The molecule has 0 spiro atoms. The van der Waals surface area contributed by atoms with E-state index in [1.165, 1.54) is 0 Å². The number of hydrogen-bond donors (Lipinski definition) is 2. The van der Waals surface area contributed by atoms with Gasteiger partial charge in [-0.25, -0.2) is 0 Å². The summed E-state index contributed by atoms with van der Waals surface area (Å²) in [6.45, 7) is 5.46. The summed E-state index contributed by atoms with van der Waals surface area (Å²) in [6, 6.07) is 10.1. The van der Waals surface area contributed by atoms with Crippen LogP contribution in [0.2, 0.25) is 0 Å². The minimum atomic E-state index is -0.0429. The number of hydrogen-bond acceptors (Lipinski definition) is 4. The van der Waals surface area contributed by atoms with Crippen molar-refractivity contribution >= 4 is 17.7 Å². The van der Waals surface area contributed by atoms with Crippen LogP contribution in [0.15, 0.2) is 35.2 Å². The van der Waals surface area contributed by atoms with Crippen molar-refractivity contribution in [3.05, 3.63) is 30.3 Å².